The summed E-state index contributed by atoms with van der Waals surface area (Å²) >= 11 is 3.83. The number of thioether (sulfide) groups is 1. The normalized spacial score (nSPS) is 22.5. The molecule has 2 aliphatic heterocycles. The van der Waals surface area contributed by atoms with E-state index in [2.05, 4.69) is 20.4 Å². The first-order valence-electron chi connectivity index (χ1n) is 9.44. The molecule has 4 N–H and O–H groups in total. The highest BCUT2D eigenvalue weighted by molar-refractivity contribution is 8.03. The molecule has 11 nitrogen and oxygen atoms in total. The number of β-lactam (4-membered cyclic amide) rings is 1. The summed E-state index contributed by atoms with van der Waals surface area (Å²) in [7, 11) is 1.28. The van der Waals surface area contributed by atoms with Crippen LogP contribution < -0.4 is 11.1 Å². The Hall–Kier alpha value is -3.23. The SMILES string of the molecule is CO/N=C(\C(=O)NC1C(=O)N2C(C(=O)O)C(/C=C\c3scnc3C)=CSC12)c1csc(N)n1. The Morgan fingerprint density at radius 1 is 1.36 bits per heavy atom. The Morgan fingerprint density at radius 3 is 2.76 bits per heavy atom. The van der Waals surface area contributed by atoms with E-state index in [0.29, 0.717) is 5.57 Å². The zero-order valence-electron chi connectivity index (χ0n) is 17.3. The van der Waals surface area contributed by atoms with E-state index >= 15 is 0 Å². The van der Waals surface area contributed by atoms with Crippen molar-refractivity contribution in [2.45, 2.75) is 24.4 Å². The number of carbonyl (C=O) groups is 3. The van der Waals surface area contributed by atoms with Gasteiger partial charge in [0.15, 0.2) is 16.9 Å². The van der Waals surface area contributed by atoms with Crippen molar-refractivity contribution in [3.05, 3.63) is 44.2 Å². The number of hydrogen-bond acceptors (Lipinski definition) is 11. The van der Waals surface area contributed by atoms with Crippen LogP contribution in [0.4, 0.5) is 5.13 Å². The third kappa shape index (κ3) is 4.36. The predicted octanol–water partition coefficient (Wildman–Crippen LogP) is 1.29. The lowest BCUT2D eigenvalue weighted by molar-refractivity contribution is -0.159. The average Bonchev–Trinajstić information content (AvgIpc) is 3.40. The van der Waals surface area contributed by atoms with Crippen molar-refractivity contribution < 1.29 is 24.3 Å². The summed E-state index contributed by atoms with van der Waals surface area (Å²) in [4.78, 5) is 52.7. The number of carboxylic acid groups (broad SMARTS) is 1. The van der Waals surface area contributed by atoms with Crippen LogP contribution in [0.2, 0.25) is 0 Å². The highest BCUT2D eigenvalue weighted by Crippen LogP contribution is 2.40. The van der Waals surface area contributed by atoms with Gasteiger partial charge < -0.3 is 25.9 Å². The third-order valence-electron chi connectivity index (χ3n) is 4.91. The standard InChI is InChI=1S/C19H18N6O5S3/c1-8-11(33-7-21-8)4-3-9-5-31-17-13(16(27)25(17)14(9)18(28)29)23-15(26)12(24-30-2)10-6-32-19(20)22-10/h3-7,13-14,17H,1-2H3,(H2,20,22)(H,23,26)(H,28,29)/b4-3-,24-12-. The number of carbonyl (C=O) groups excluding carboxylic acids is 2. The quantitative estimate of drug-likeness (QED) is 0.286. The van der Waals surface area contributed by atoms with Gasteiger partial charge in [-0.2, -0.15) is 0 Å². The summed E-state index contributed by atoms with van der Waals surface area (Å²) in [6.45, 7) is 1.86. The molecule has 1 saturated heterocycles. The van der Waals surface area contributed by atoms with Gasteiger partial charge in [-0.3, -0.25) is 9.59 Å². The highest BCUT2D eigenvalue weighted by Gasteiger charge is 2.55. The highest BCUT2D eigenvalue weighted by atomic mass is 32.2. The van der Waals surface area contributed by atoms with E-state index in [4.69, 9.17) is 10.6 Å². The molecular weight excluding hydrogens is 488 g/mol. The predicted molar refractivity (Wildman–Crippen MR) is 126 cm³/mol. The van der Waals surface area contributed by atoms with Crippen molar-refractivity contribution in [3.8, 4) is 0 Å². The minimum Gasteiger partial charge on any atom is -0.479 e. The number of aromatic nitrogens is 2. The van der Waals surface area contributed by atoms with E-state index in [1.54, 1.807) is 28.5 Å². The Balaban J connectivity index is 1.52. The second-order valence-corrected chi connectivity index (χ2v) is 9.68. The minimum atomic E-state index is -1.16. The van der Waals surface area contributed by atoms with Crippen LogP contribution in [0.25, 0.3) is 6.08 Å². The summed E-state index contributed by atoms with van der Waals surface area (Å²) in [6, 6.07) is -2.08. The van der Waals surface area contributed by atoms with Crippen LogP contribution in [0.15, 0.2) is 33.1 Å². The van der Waals surface area contributed by atoms with Crippen LogP contribution in [0.5, 0.6) is 0 Å². The monoisotopic (exact) mass is 506 g/mol. The smallest absolute Gasteiger partial charge is 0.331 e. The van der Waals surface area contributed by atoms with Crippen LogP contribution >= 0.6 is 34.4 Å². The number of hydrogen-bond donors (Lipinski definition) is 3. The first-order chi connectivity index (χ1) is 15.8. The van der Waals surface area contributed by atoms with Crippen molar-refractivity contribution in [2.24, 2.45) is 5.16 Å². The Kier molecular flexibility index (Phi) is 6.49. The van der Waals surface area contributed by atoms with E-state index in [1.165, 1.54) is 35.1 Å². The van der Waals surface area contributed by atoms with Crippen LogP contribution in [0.3, 0.4) is 0 Å². The summed E-state index contributed by atoms with van der Waals surface area (Å²) in [5, 5.41) is 19.0. The van der Waals surface area contributed by atoms with Crippen molar-refractivity contribution >= 4 is 69.1 Å². The number of nitrogen functional groups attached to an aromatic ring is 1. The van der Waals surface area contributed by atoms with E-state index in [-0.39, 0.29) is 16.5 Å². The summed E-state index contributed by atoms with van der Waals surface area (Å²) in [6.07, 6.45) is 3.46. The van der Waals surface area contributed by atoms with Gasteiger partial charge in [-0.25, -0.2) is 14.8 Å². The largest absolute Gasteiger partial charge is 0.479 e. The van der Waals surface area contributed by atoms with E-state index < -0.39 is 35.2 Å². The van der Waals surface area contributed by atoms with E-state index in [0.717, 1.165) is 21.9 Å². The van der Waals surface area contributed by atoms with Crippen LogP contribution in [-0.2, 0) is 19.2 Å². The number of nitrogens with one attached hydrogen (secondary N) is 1. The average molecular weight is 507 g/mol. The molecule has 1 fully saturated rings. The van der Waals surface area contributed by atoms with Gasteiger partial charge in [0, 0.05) is 10.3 Å². The third-order valence-corrected chi connectivity index (χ3v) is 7.67. The molecule has 3 unspecified atom stereocenters. The number of nitrogens with two attached hydrogens (primary N) is 1. The number of anilines is 1. The fraction of sp³-hybridized carbons (Fsp3) is 0.263. The van der Waals surface area contributed by atoms with E-state index in [9.17, 15) is 19.5 Å². The van der Waals surface area contributed by atoms with Gasteiger partial charge in [-0.15, -0.1) is 34.4 Å². The van der Waals surface area contributed by atoms with Gasteiger partial charge in [0.2, 0.25) is 5.91 Å². The number of fused-ring (bicyclic) bond motifs is 1. The van der Waals surface area contributed by atoms with Gasteiger partial charge in [-0.05, 0) is 24.0 Å². The molecule has 33 heavy (non-hydrogen) atoms. The molecule has 2 aromatic rings. The molecule has 4 heterocycles. The molecular formula is C19H18N6O5S3. The van der Waals surface area contributed by atoms with Crippen molar-refractivity contribution in [2.75, 3.05) is 12.8 Å². The second-order valence-electron chi connectivity index (χ2n) is 6.91. The molecule has 172 valence electrons. The first-order valence-corrected chi connectivity index (χ1v) is 12.1. The van der Waals surface area contributed by atoms with Crippen LogP contribution in [-0.4, -0.2) is 68.0 Å². The number of carboxylic acids is 1. The number of nitrogens with zero attached hydrogens (tertiary/aromatic N) is 4. The minimum absolute atomic E-state index is 0.133. The van der Waals surface area contributed by atoms with Crippen LogP contribution in [0.1, 0.15) is 16.3 Å². The summed E-state index contributed by atoms with van der Waals surface area (Å²) in [5.41, 5.74) is 8.72. The fourth-order valence-electron chi connectivity index (χ4n) is 3.35. The van der Waals surface area contributed by atoms with Crippen molar-refractivity contribution in [3.63, 3.8) is 0 Å². The molecule has 4 rings (SSSR count). The number of thiazole rings is 2. The number of oxime groups is 1. The zero-order chi connectivity index (χ0) is 23.7. The molecule has 0 bridgehead atoms. The lowest BCUT2D eigenvalue weighted by Crippen LogP contribution is -2.74. The first kappa shape index (κ1) is 22.9. The fourth-order valence-corrected chi connectivity index (χ4v) is 5.79. The van der Waals surface area contributed by atoms with Gasteiger partial charge in [-0.1, -0.05) is 11.2 Å². The molecule has 2 amide bonds. The molecule has 3 atom stereocenters. The number of amides is 2. The molecule has 0 radical (unpaired) electrons. The maximum atomic E-state index is 12.9. The molecule has 0 aliphatic carbocycles. The number of aryl methyl sites for hydroxylation is 1. The van der Waals surface area contributed by atoms with Gasteiger partial charge in [0.1, 0.15) is 24.2 Å². The molecule has 2 aliphatic rings. The second kappa shape index (κ2) is 9.33. The molecule has 2 aromatic heterocycles. The number of aliphatic carboxylic acids is 1. The maximum Gasteiger partial charge on any atom is 0.331 e. The molecule has 0 saturated carbocycles. The van der Waals surface area contributed by atoms with Gasteiger partial charge in [0.05, 0.1) is 11.2 Å². The van der Waals surface area contributed by atoms with Gasteiger partial charge in [0.25, 0.3) is 5.91 Å². The summed E-state index contributed by atoms with van der Waals surface area (Å²) < 4.78 is 0. The summed E-state index contributed by atoms with van der Waals surface area (Å²) in [5.74, 6) is -2.34. The zero-order valence-corrected chi connectivity index (χ0v) is 19.7. The Labute approximate surface area is 200 Å². The maximum absolute atomic E-state index is 12.9. The van der Waals surface area contributed by atoms with Crippen molar-refractivity contribution in [1.29, 1.82) is 0 Å². The topological polar surface area (TPSA) is 160 Å². The molecule has 0 aromatic carbocycles. The van der Waals surface area contributed by atoms with E-state index in [1.807, 2.05) is 6.92 Å². The number of rotatable bonds is 7. The Bertz CT molecular complexity index is 1200. The molecule has 0 spiro atoms. The lowest BCUT2D eigenvalue weighted by atomic mass is 9.97. The lowest BCUT2D eigenvalue weighted by Gasteiger charge is -2.51. The van der Waals surface area contributed by atoms with Crippen molar-refractivity contribution in [1.82, 2.24) is 20.2 Å². The van der Waals surface area contributed by atoms with Crippen LogP contribution in [0, 0.1) is 6.92 Å². The van der Waals surface area contributed by atoms with Gasteiger partial charge >= 0.3 is 5.97 Å². The molecule has 14 heteroatoms. The Morgan fingerprint density at radius 2 is 2.15 bits per heavy atom.